The van der Waals surface area contributed by atoms with E-state index in [2.05, 4.69) is 27.1 Å². The highest BCUT2D eigenvalue weighted by Crippen LogP contribution is 2.20. The van der Waals surface area contributed by atoms with Gasteiger partial charge in [0.05, 0.1) is 12.4 Å². The van der Waals surface area contributed by atoms with Crippen LogP contribution in [0.15, 0.2) is 36.7 Å². The Morgan fingerprint density at radius 3 is 2.71 bits per heavy atom. The first-order valence-electron chi connectivity index (χ1n) is 8.52. The summed E-state index contributed by atoms with van der Waals surface area (Å²) in [7, 11) is 0. The van der Waals surface area contributed by atoms with E-state index in [1.54, 1.807) is 12.4 Å². The minimum Gasteiger partial charge on any atom is -0.355 e. The number of anilines is 1. The molecule has 1 atom stereocenters. The summed E-state index contributed by atoms with van der Waals surface area (Å²) in [6.07, 6.45) is 5.73. The molecule has 1 amide bonds. The number of amides is 1. The zero-order valence-electron chi connectivity index (χ0n) is 14.3. The van der Waals surface area contributed by atoms with Gasteiger partial charge in [-0.3, -0.25) is 4.79 Å². The van der Waals surface area contributed by atoms with Crippen LogP contribution < -0.4 is 10.2 Å². The van der Waals surface area contributed by atoms with E-state index in [0.717, 1.165) is 24.5 Å². The highest BCUT2D eigenvalue weighted by molar-refractivity contribution is 5.91. The summed E-state index contributed by atoms with van der Waals surface area (Å²) in [5.74, 6) is 1.34. The summed E-state index contributed by atoms with van der Waals surface area (Å²) in [5.41, 5.74) is 2.63. The lowest BCUT2D eigenvalue weighted by Gasteiger charge is -2.31. The number of carbonyl (C=O) groups excluding carboxylic acids is 1. The molecule has 2 heterocycles. The number of nitrogens with zero attached hydrogens (tertiary/aromatic N) is 3. The predicted octanol–water partition coefficient (Wildman–Crippen LogP) is 2.95. The Morgan fingerprint density at radius 1 is 1.25 bits per heavy atom. The lowest BCUT2D eigenvalue weighted by Crippen LogP contribution is -2.35. The van der Waals surface area contributed by atoms with E-state index in [0.29, 0.717) is 18.2 Å². The van der Waals surface area contributed by atoms with E-state index >= 15 is 0 Å². The standard InChI is InChI=1S/C19H24N4O/c1-14-5-7-16(8-6-14)10-22-19(24)17-11-21-18(12-20-17)23-9-3-4-15(2)13-23/h5-8,11-12,15H,3-4,9-10,13H2,1-2H3,(H,22,24). The third kappa shape index (κ3) is 4.10. The van der Waals surface area contributed by atoms with Gasteiger partial charge in [0.1, 0.15) is 11.5 Å². The smallest absolute Gasteiger partial charge is 0.271 e. The molecule has 126 valence electrons. The molecule has 1 aliphatic rings. The summed E-state index contributed by atoms with van der Waals surface area (Å²) in [5, 5.41) is 2.89. The molecule has 1 N–H and O–H groups in total. The van der Waals surface area contributed by atoms with Gasteiger partial charge in [-0.25, -0.2) is 9.97 Å². The molecule has 0 spiro atoms. The molecule has 5 nitrogen and oxygen atoms in total. The van der Waals surface area contributed by atoms with Crippen molar-refractivity contribution in [2.45, 2.75) is 33.2 Å². The first kappa shape index (κ1) is 16.4. The number of piperidine rings is 1. The molecule has 1 saturated heterocycles. The maximum absolute atomic E-state index is 12.2. The van der Waals surface area contributed by atoms with E-state index in [1.165, 1.54) is 18.4 Å². The summed E-state index contributed by atoms with van der Waals surface area (Å²) in [4.78, 5) is 23.2. The number of rotatable bonds is 4. The van der Waals surface area contributed by atoms with Crippen LogP contribution in [-0.4, -0.2) is 29.0 Å². The maximum Gasteiger partial charge on any atom is 0.271 e. The topological polar surface area (TPSA) is 58.1 Å². The monoisotopic (exact) mass is 324 g/mol. The number of carbonyl (C=O) groups is 1. The number of hydrogen-bond acceptors (Lipinski definition) is 4. The van der Waals surface area contributed by atoms with Crippen molar-refractivity contribution in [2.75, 3.05) is 18.0 Å². The Morgan fingerprint density at radius 2 is 2.04 bits per heavy atom. The van der Waals surface area contributed by atoms with Crippen molar-refractivity contribution in [3.8, 4) is 0 Å². The molecule has 1 fully saturated rings. The molecule has 2 aromatic rings. The molecule has 1 unspecified atom stereocenters. The molecule has 0 radical (unpaired) electrons. The van der Waals surface area contributed by atoms with Crippen molar-refractivity contribution in [1.82, 2.24) is 15.3 Å². The molecule has 0 bridgehead atoms. The van der Waals surface area contributed by atoms with Gasteiger partial charge in [0.2, 0.25) is 0 Å². The first-order chi connectivity index (χ1) is 11.6. The van der Waals surface area contributed by atoms with E-state index in [-0.39, 0.29) is 5.91 Å². The Balaban J connectivity index is 1.58. The second-order valence-electron chi connectivity index (χ2n) is 6.62. The highest BCUT2D eigenvalue weighted by Gasteiger charge is 2.18. The van der Waals surface area contributed by atoms with Crippen molar-refractivity contribution in [3.05, 3.63) is 53.5 Å². The molecule has 1 aliphatic heterocycles. The number of aryl methyl sites for hydroxylation is 1. The maximum atomic E-state index is 12.2. The van der Waals surface area contributed by atoms with Gasteiger partial charge < -0.3 is 10.2 Å². The van der Waals surface area contributed by atoms with Gasteiger partial charge >= 0.3 is 0 Å². The van der Waals surface area contributed by atoms with Crippen molar-refractivity contribution in [1.29, 1.82) is 0 Å². The average molecular weight is 324 g/mol. The van der Waals surface area contributed by atoms with Crippen LogP contribution in [0.2, 0.25) is 0 Å². The van der Waals surface area contributed by atoms with Crippen LogP contribution in [0, 0.1) is 12.8 Å². The average Bonchev–Trinajstić information content (AvgIpc) is 2.61. The number of aromatic nitrogens is 2. The quantitative estimate of drug-likeness (QED) is 0.939. The number of nitrogens with one attached hydrogen (secondary N) is 1. The zero-order chi connectivity index (χ0) is 16.9. The predicted molar refractivity (Wildman–Crippen MR) is 95.0 cm³/mol. The van der Waals surface area contributed by atoms with Crippen LogP contribution in [0.3, 0.4) is 0 Å². The minimum absolute atomic E-state index is 0.193. The van der Waals surface area contributed by atoms with Crippen LogP contribution in [0.4, 0.5) is 5.82 Å². The fraction of sp³-hybridized carbons (Fsp3) is 0.421. The lowest BCUT2D eigenvalue weighted by molar-refractivity contribution is 0.0945. The molecule has 3 rings (SSSR count). The van der Waals surface area contributed by atoms with Gasteiger partial charge in [-0.2, -0.15) is 0 Å². The Kier molecular flexibility index (Phi) is 5.08. The van der Waals surface area contributed by atoms with Crippen LogP contribution in [0.25, 0.3) is 0 Å². The number of benzene rings is 1. The summed E-state index contributed by atoms with van der Waals surface area (Å²) < 4.78 is 0. The van der Waals surface area contributed by atoms with Crippen molar-refractivity contribution in [3.63, 3.8) is 0 Å². The van der Waals surface area contributed by atoms with E-state index in [1.807, 2.05) is 31.2 Å². The fourth-order valence-electron chi connectivity index (χ4n) is 2.98. The lowest BCUT2D eigenvalue weighted by atomic mass is 10.0. The van der Waals surface area contributed by atoms with Crippen LogP contribution in [0.1, 0.15) is 41.4 Å². The van der Waals surface area contributed by atoms with Gasteiger partial charge in [-0.1, -0.05) is 36.8 Å². The van der Waals surface area contributed by atoms with Gasteiger partial charge in [0, 0.05) is 19.6 Å². The van der Waals surface area contributed by atoms with E-state index in [9.17, 15) is 4.79 Å². The fourth-order valence-corrected chi connectivity index (χ4v) is 2.98. The third-order valence-electron chi connectivity index (χ3n) is 4.43. The molecule has 24 heavy (non-hydrogen) atoms. The van der Waals surface area contributed by atoms with E-state index in [4.69, 9.17) is 0 Å². The molecular formula is C19H24N4O. The highest BCUT2D eigenvalue weighted by atomic mass is 16.1. The third-order valence-corrected chi connectivity index (χ3v) is 4.43. The minimum atomic E-state index is -0.193. The van der Waals surface area contributed by atoms with E-state index < -0.39 is 0 Å². The molecule has 0 saturated carbocycles. The second kappa shape index (κ2) is 7.43. The van der Waals surface area contributed by atoms with Crippen LogP contribution in [0.5, 0.6) is 0 Å². The Labute approximate surface area is 143 Å². The SMILES string of the molecule is Cc1ccc(CNC(=O)c2cnc(N3CCCC(C)C3)cn2)cc1. The summed E-state index contributed by atoms with van der Waals surface area (Å²) >= 11 is 0. The Bertz CT molecular complexity index is 682. The second-order valence-corrected chi connectivity index (χ2v) is 6.62. The summed E-state index contributed by atoms with van der Waals surface area (Å²) in [6, 6.07) is 8.11. The molecule has 1 aromatic carbocycles. The van der Waals surface area contributed by atoms with Crippen molar-refractivity contribution >= 4 is 11.7 Å². The van der Waals surface area contributed by atoms with Gasteiger partial charge in [-0.05, 0) is 31.2 Å². The number of hydrogen-bond donors (Lipinski definition) is 1. The van der Waals surface area contributed by atoms with Crippen molar-refractivity contribution < 1.29 is 4.79 Å². The van der Waals surface area contributed by atoms with Crippen molar-refractivity contribution in [2.24, 2.45) is 5.92 Å². The molecular weight excluding hydrogens is 300 g/mol. The molecule has 1 aromatic heterocycles. The van der Waals surface area contributed by atoms with Crippen LogP contribution >= 0.6 is 0 Å². The van der Waals surface area contributed by atoms with Crippen LogP contribution in [-0.2, 0) is 6.54 Å². The van der Waals surface area contributed by atoms with Gasteiger partial charge in [0.15, 0.2) is 0 Å². The first-order valence-corrected chi connectivity index (χ1v) is 8.52. The summed E-state index contributed by atoms with van der Waals surface area (Å²) in [6.45, 7) is 6.81. The van der Waals surface area contributed by atoms with Gasteiger partial charge in [-0.15, -0.1) is 0 Å². The normalized spacial score (nSPS) is 17.6. The van der Waals surface area contributed by atoms with Gasteiger partial charge in [0.25, 0.3) is 5.91 Å². The molecule has 5 heteroatoms. The zero-order valence-corrected chi connectivity index (χ0v) is 14.3. The Hall–Kier alpha value is -2.43. The molecule has 0 aliphatic carbocycles. The largest absolute Gasteiger partial charge is 0.355 e.